The summed E-state index contributed by atoms with van der Waals surface area (Å²) in [6.07, 6.45) is 10.2. The molecule has 0 unspecified atom stereocenters. The van der Waals surface area contributed by atoms with Gasteiger partial charge in [0.05, 0.1) is 5.84 Å². The largest absolute Gasteiger partial charge is 0.388 e. The molecule has 0 aromatic heterocycles. The summed E-state index contributed by atoms with van der Waals surface area (Å²) in [6, 6.07) is 0.809. The fraction of sp³-hybridized carbons (Fsp3) is 0.938. The molecule has 19 heavy (non-hydrogen) atoms. The highest BCUT2D eigenvalue weighted by Gasteiger charge is 2.45. The molecule has 2 saturated carbocycles. The van der Waals surface area contributed by atoms with E-state index in [0.717, 1.165) is 18.4 Å². The summed E-state index contributed by atoms with van der Waals surface area (Å²) in [4.78, 5) is 2.74. The molecule has 2 rings (SSSR count). The molecule has 0 amide bonds. The van der Waals surface area contributed by atoms with E-state index in [-0.39, 0.29) is 0 Å². The summed E-state index contributed by atoms with van der Waals surface area (Å²) in [5.41, 5.74) is 6.00. The quantitative estimate of drug-likeness (QED) is 0.522. The maximum Gasteiger partial charge on any atom is 0.0911 e. The van der Waals surface area contributed by atoms with Gasteiger partial charge in [0.15, 0.2) is 0 Å². The fourth-order valence-corrected chi connectivity index (χ4v) is 3.49. The van der Waals surface area contributed by atoms with E-state index in [2.05, 4.69) is 18.7 Å². The summed E-state index contributed by atoms with van der Waals surface area (Å²) in [5, 5.41) is 7.57. The van der Waals surface area contributed by atoms with E-state index < -0.39 is 0 Å². The standard InChI is InChI=1S/C16H31N3/c1-13(2)7-10-19(14-5-3-4-6-14)12-16(8-9-16)11-15(17)18/h13-14H,3-12H2,1-2H3,(H3,17,18). The van der Waals surface area contributed by atoms with Crippen LogP contribution in [0.2, 0.25) is 0 Å². The summed E-state index contributed by atoms with van der Waals surface area (Å²) < 4.78 is 0. The summed E-state index contributed by atoms with van der Waals surface area (Å²) in [6.45, 7) is 7.05. The molecule has 3 nitrogen and oxygen atoms in total. The van der Waals surface area contributed by atoms with Crippen LogP contribution in [0.1, 0.15) is 65.2 Å². The van der Waals surface area contributed by atoms with Gasteiger partial charge in [0.2, 0.25) is 0 Å². The van der Waals surface area contributed by atoms with Gasteiger partial charge in [-0.1, -0.05) is 26.7 Å². The van der Waals surface area contributed by atoms with Crippen LogP contribution in [0.4, 0.5) is 0 Å². The van der Waals surface area contributed by atoms with Crippen molar-refractivity contribution < 1.29 is 0 Å². The molecule has 0 aromatic rings. The first kappa shape index (κ1) is 14.8. The number of nitrogens with two attached hydrogens (primary N) is 1. The van der Waals surface area contributed by atoms with Crippen LogP contribution in [0.15, 0.2) is 0 Å². The second kappa shape index (κ2) is 6.25. The van der Waals surface area contributed by atoms with Gasteiger partial charge in [0.25, 0.3) is 0 Å². The molecule has 0 bridgehead atoms. The van der Waals surface area contributed by atoms with Crippen molar-refractivity contribution in [3.05, 3.63) is 0 Å². The van der Waals surface area contributed by atoms with Crippen LogP contribution in [0, 0.1) is 16.7 Å². The Kier molecular flexibility index (Phi) is 4.88. The van der Waals surface area contributed by atoms with Crippen molar-refractivity contribution in [2.24, 2.45) is 17.1 Å². The monoisotopic (exact) mass is 265 g/mol. The van der Waals surface area contributed by atoms with Crippen LogP contribution in [-0.4, -0.2) is 29.9 Å². The number of hydrogen-bond acceptors (Lipinski definition) is 2. The maximum absolute atomic E-state index is 7.57. The topological polar surface area (TPSA) is 53.1 Å². The van der Waals surface area contributed by atoms with Crippen molar-refractivity contribution in [2.75, 3.05) is 13.1 Å². The molecule has 0 saturated heterocycles. The molecule has 0 aliphatic heterocycles. The van der Waals surface area contributed by atoms with Gasteiger partial charge in [-0.3, -0.25) is 10.3 Å². The lowest BCUT2D eigenvalue weighted by molar-refractivity contribution is 0.153. The van der Waals surface area contributed by atoms with E-state index in [4.69, 9.17) is 11.1 Å². The van der Waals surface area contributed by atoms with E-state index in [1.165, 1.54) is 58.0 Å². The van der Waals surface area contributed by atoms with Gasteiger partial charge in [0, 0.05) is 19.0 Å². The third kappa shape index (κ3) is 4.48. The van der Waals surface area contributed by atoms with Gasteiger partial charge in [-0.2, -0.15) is 0 Å². The Morgan fingerprint density at radius 2 is 1.95 bits per heavy atom. The SMILES string of the molecule is CC(C)CCN(CC1(CC(=N)N)CC1)C1CCCC1. The summed E-state index contributed by atoms with van der Waals surface area (Å²) in [5.74, 6) is 1.17. The average Bonchev–Trinajstić information content (AvgIpc) is 2.87. The number of hydrogen-bond donors (Lipinski definition) is 2. The molecule has 0 heterocycles. The van der Waals surface area contributed by atoms with Gasteiger partial charge >= 0.3 is 0 Å². The van der Waals surface area contributed by atoms with Crippen LogP contribution < -0.4 is 5.73 Å². The average molecular weight is 265 g/mol. The van der Waals surface area contributed by atoms with E-state index in [0.29, 0.717) is 11.3 Å². The zero-order valence-electron chi connectivity index (χ0n) is 12.8. The molecule has 2 aliphatic rings. The molecule has 3 heteroatoms. The minimum absolute atomic E-state index is 0.366. The number of nitrogens with one attached hydrogen (secondary N) is 1. The van der Waals surface area contributed by atoms with Crippen LogP contribution >= 0.6 is 0 Å². The predicted molar refractivity (Wildman–Crippen MR) is 81.5 cm³/mol. The Balaban J connectivity index is 1.90. The number of rotatable bonds is 8. The lowest BCUT2D eigenvalue weighted by atomic mass is 9.99. The number of amidine groups is 1. The van der Waals surface area contributed by atoms with Crippen molar-refractivity contribution in [1.29, 1.82) is 5.41 Å². The molecule has 3 N–H and O–H groups in total. The molecule has 2 fully saturated rings. The fourth-order valence-electron chi connectivity index (χ4n) is 3.49. The first-order chi connectivity index (χ1) is 9.01. The summed E-state index contributed by atoms with van der Waals surface area (Å²) in [7, 11) is 0. The van der Waals surface area contributed by atoms with Crippen molar-refractivity contribution in [2.45, 2.75) is 71.3 Å². The highest BCUT2D eigenvalue weighted by Crippen LogP contribution is 2.50. The molecular weight excluding hydrogens is 234 g/mol. The van der Waals surface area contributed by atoms with Gasteiger partial charge in [-0.25, -0.2) is 0 Å². The van der Waals surface area contributed by atoms with Crippen molar-refractivity contribution >= 4 is 5.84 Å². The van der Waals surface area contributed by atoms with Gasteiger partial charge < -0.3 is 5.73 Å². The van der Waals surface area contributed by atoms with Crippen molar-refractivity contribution in [1.82, 2.24) is 4.90 Å². The lowest BCUT2D eigenvalue weighted by Gasteiger charge is -2.33. The Labute approximate surface area is 118 Å². The van der Waals surface area contributed by atoms with Crippen LogP contribution in [0.25, 0.3) is 0 Å². The van der Waals surface area contributed by atoms with E-state index in [1.807, 2.05) is 0 Å². The summed E-state index contributed by atoms with van der Waals surface area (Å²) >= 11 is 0. The Morgan fingerprint density at radius 3 is 2.42 bits per heavy atom. The third-order valence-corrected chi connectivity index (χ3v) is 4.90. The van der Waals surface area contributed by atoms with Crippen molar-refractivity contribution in [3.63, 3.8) is 0 Å². The van der Waals surface area contributed by atoms with E-state index in [1.54, 1.807) is 0 Å². The highest BCUT2D eigenvalue weighted by molar-refractivity contribution is 5.78. The number of nitrogens with zero attached hydrogens (tertiary/aromatic N) is 1. The van der Waals surface area contributed by atoms with Gasteiger partial charge in [-0.15, -0.1) is 0 Å². The molecular formula is C16H31N3. The molecule has 0 atom stereocenters. The highest BCUT2D eigenvalue weighted by atomic mass is 15.2. The lowest BCUT2D eigenvalue weighted by Crippen LogP contribution is -2.40. The Morgan fingerprint density at radius 1 is 1.32 bits per heavy atom. The first-order valence-electron chi connectivity index (χ1n) is 8.08. The second-order valence-electron chi connectivity index (χ2n) is 7.29. The van der Waals surface area contributed by atoms with Crippen LogP contribution in [-0.2, 0) is 0 Å². The smallest absolute Gasteiger partial charge is 0.0911 e. The van der Waals surface area contributed by atoms with Crippen molar-refractivity contribution in [3.8, 4) is 0 Å². The van der Waals surface area contributed by atoms with E-state index in [9.17, 15) is 0 Å². The second-order valence-corrected chi connectivity index (χ2v) is 7.29. The molecule has 110 valence electrons. The molecule has 0 aromatic carbocycles. The van der Waals surface area contributed by atoms with Crippen LogP contribution in [0.3, 0.4) is 0 Å². The molecule has 2 aliphatic carbocycles. The zero-order valence-corrected chi connectivity index (χ0v) is 12.8. The van der Waals surface area contributed by atoms with E-state index >= 15 is 0 Å². The normalized spacial score (nSPS) is 22.3. The zero-order chi connectivity index (χ0) is 13.9. The van der Waals surface area contributed by atoms with Gasteiger partial charge in [0.1, 0.15) is 0 Å². The molecule has 0 spiro atoms. The Hall–Kier alpha value is -0.570. The predicted octanol–water partition coefficient (Wildman–Crippen LogP) is 3.38. The first-order valence-corrected chi connectivity index (χ1v) is 8.08. The third-order valence-electron chi connectivity index (χ3n) is 4.90. The van der Waals surface area contributed by atoms with Gasteiger partial charge in [-0.05, 0) is 50.0 Å². The maximum atomic E-state index is 7.57. The minimum atomic E-state index is 0.366. The minimum Gasteiger partial charge on any atom is -0.388 e. The Bertz CT molecular complexity index is 301. The van der Waals surface area contributed by atoms with Crippen LogP contribution in [0.5, 0.6) is 0 Å². The molecule has 0 radical (unpaired) electrons.